The van der Waals surface area contributed by atoms with Gasteiger partial charge in [0, 0.05) is 12.1 Å². The fourth-order valence-corrected chi connectivity index (χ4v) is 1.36. The van der Waals surface area contributed by atoms with Crippen molar-refractivity contribution >= 4 is 11.4 Å². The molecule has 1 aromatic rings. The second kappa shape index (κ2) is 6.20. The average Bonchev–Trinajstić information content (AvgIpc) is 2.30. The van der Waals surface area contributed by atoms with E-state index in [1.54, 1.807) is 0 Å². The molecular weight excluding hydrogens is 234 g/mol. The summed E-state index contributed by atoms with van der Waals surface area (Å²) in [5.74, 6) is 0.371. The largest absolute Gasteiger partial charge is 0.491 e. The van der Waals surface area contributed by atoms with Crippen LogP contribution in [0.4, 0.5) is 11.4 Å². The van der Waals surface area contributed by atoms with E-state index >= 15 is 0 Å². The predicted molar refractivity (Wildman–Crippen MR) is 70.8 cm³/mol. The number of nitro groups is 1. The average molecular weight is 253 g/mol. The summed E-state index contributed by atoms with van der Waals surface area (Å²) in [7, 11) is 3.98. The van der Waals surface area contributed by atoms with Crippen LogP contribution in [0.2, 0.25) is 0 Å². The zero-order valence-electron chi connectivity index (χ0n) is 10.9. The van der Waals surface area contributed by atoms with Gasteiger partial charge in [0.2, 0.25) is 0 Å². The highest BCUT2D eigenvalue weighted by atomic mass is 16.6. The maximum Gasteiger partial charge on any atom is 0.273 e. The molecule has 0 fully saturated rings. The molecule has 0 radical (unpaired) electrons. The van der Waals surface area contributed by atoms with Crippen molar-refractivity contribution in [2.75, 3.05) is 26.4 Å². The number of ether oxygens (including phenoxy) is 1. The fraction of sp³-hybridized carbons (Fsp3) is 0.500. The maximum absolute atomic E-state index is 10.6. The minimum absolute atomic E-state index is 0.0140. The van der Waals surface area contributed by atoms with Crippen molar-refractivity contribution in [3.05, 3.63) is 28.3 Å². The van der Waals surface area contributed by atoms with Gasteiger partial charge in [-0.1, -0.05) is 0 Å². The molecule has 0 amide bonds. The van der Waals surface area contributed by atoms with Crippen molar-refractivity contribution < 1.29 is 9.66 Å². The maximum atomic E-state index is 10.6. The number of nitrogen functional groups attached to an aromatic ring is 1. The van der Waals surface area contributed by atoms with Gasteiger partial charge in [-0.05, 0) is 33.5 Å². The molecule has 0 bridgehead atoms. The van der Waals surface area contributed by atoms with Gasteiger partial charge in [0.15, 0.2) is 0 Å². The smallest absolute Gasteiger partial charge is 0.273 e. The third-order valence-electron chi connectivity index (χ3n) is 2.88. The van der Waals surface area contributed by atoms with E-state index in [1.807, 2.05) is 14.1 Å². The Balaban J connectivity index is 2.61. The molecule has 1 unspecified atom stereocenters. The lowest BCUT2D eigenvalue weighted by atomic mass is 10.2. The van der Waals surface area contributed by atoms with E-state index in [-0.39, 0.29) is 5.69 Å². The first kappa shape index (κ1) is 14.2. The number of rotatable bonds is 6. The van der Waals surface area contributed by atoms with E-state index < -0.39 is 4.92 Å². The van der Waals surface area contributed by atoms with E-state index in [0.717, 1.165) is 6.42 Å². The van der Waals surface area contributed by atoms with Crippen LogP contribution in [-0.4, -0.2) is 36.6 Å². The van der Waals surface area contributed by atoms with Gasteiger partial charge in [-0.2, -0.15) is 0 Å². The molecule has 18 heavy (non-hydrogen) atoms. The van der Waals surface area contributed by atoms with Crippen molar-refractivity contribution in [2.24, 2.45) is 0 Å². The summed E-state index contributed by atoms with van der Waals surface area (Å²) in [6.07, 6.45) is 0.829. The van der Waals surface area contributed by atoms with Crippen LogP contribution < -0.4 is 10.5 Å². The highest BCUT2D eigenvalue weighted by Crippen LogP contribution is 2.26. The quantitative estimate of drug-likeness (QED) is 0.475. The first-order valence-corrected chi connectivity index (χ1v) is 5.75. The van der Waals surface area contributed by atoms with Gasteiger partial charge in [-0.3, -0.25) is 10.1 Å². The number of nitro benzene ring substituents is 1. The third-order valence-corrected chi connectivity index (χ3v) is 2.88. The summed E-state index contributed by atoms with van der Waals surface area (Å²) in [6, 6.07) is 4.59. The molecule has 1 aromatic carbocycles. The molecule has 100 valence electrons. The number of anilines is 1. The molecule has 1 atom stereocenters. The highest BCUT2D eigenvalue weighted by molar-refractivity contribution is 5.57. The Kier molecular flexibility index (Phi) is 4.91. The summed E-state index contributed by atoms with van der Waals surface area (Å²) in [5.41, 5.74) is 6.11. The molecule has 0 aliphatic carbocycles. The Morgan fingerprint density at radius 2 is 2.17 bits per heavy atom. The van der Waals surface area contributed by atoms with Gasteiger partial charge in [0.1, 0.15) is 5.75 Å². The molecule has 2 N–H and O–H groups in total. The van der Waals surface area contributed by atoms with Gasteiger partial charge in [-0.25, -0.2) is 0 Å². The van der Waals surface area contributed by atoms with Gasteiger partial charge in [0.25, 0.3) is 5.69 Å². The normalized spacial score (nSPS) is 12.4. The molecule has 0 spiro atoms. The third kappa shape index (κ3) is 3.89. The van der Waals surface area contributed by atoms with Crippen molar-refractivity contribution in [1.82, 2.24) is 4.90 Å². The predicted octanol–water partition coefficient (Wildman–Crippen LogP) is 1.90. The van der Waals surface area contributed by atoms with Gasteiger partial charge in [0.05, 0.1) is 23.3 Å². The molecular formula is C12H19N3O3. The minimum Gasteiger partial charge on any atom is -0.491 e. The Hall–Kier alpha value is -1.82. The SMILES string of the molecule is CC(CCOc1cc([N+](=O)[O-])ccc1N)N(C)C. The lowest BCUT2D eigenvalue weighted by Gasteiger charge is -2.19. The van der Waals surface area contributed by atoms with Crippen molar-refractivity contribution in [1.29, 1.82) is 0 Å². The van der Waals surface area contributed by atoms with Crippen LogP contribution in [0.5, 0.6) is 5.75 Å². The molecule has 0 heterocycles. The number of nitrogens with zero attached hydrogens (tertiary/aromatic N) is 2. The van der Waals surface area contributed by atoms with E-state index in [4.69, 9.17) is 10.5 Å². The molecule has 0 aliphatic heterocycles. The number of benzene rings is 1. The lowest BCUT2D eigenvalue weighted by molar-refractivity contribution is -0.384. The van der Waals surface area contributed by atoms with Crippen LogP contribution in [0.15, 0.2) is 18.2 Å². The zero-order valence-corrected chi connectivity index (χ0v) is 10.9. The zero-order chi connectivity index (χ0) is 13.7. The van der Waals surface area contributed by atoms with Crippen LogP contribution >= 0.6 is 0 Å². The van der Waals surface area contributed by atoms with Crippen LogP contribution in [-0.2, 0) is 0 Å². The van der Waals surface area contributed by atoms with Crippen molar-refractivity contribution in [3.63, 3.8) is 0 Å². The number of hydrogen-bond donors (Lipinski definition) is 1. The van der Waals surface area contributed by atoms with Crippen molar-refractivity contribution in [2.45, 2.75) is 19.4 Å². The van der Waals surface area contributed by atoms with E-state index in [2.05, 4.69) is 11.8 Å². The molecule has 0 saturated carbocycles. The minimum atomic E-state index is -0.464. The first-order chi connectivity index (χ1) is 8.41. The Morgan fingerprint density at radius 3 is 2.72 bits per heavy atom. The monoisotopic (exact) mass is 253 g/mol. The lowest BCUT2D eigenvalue weighted by Crippen LogP contribution is -2.26. The van der Waals surface area contributed by atoms with Crippen LogP contribution in [0.25, 0.3) is 0 Å². The molecule has 0 saturated heterocycles. The van der Waals surface area contributed by atoms with E-state index in [9.17, 15) is 10.1 Å². The number of non-ortho nitro benzene ring substituents is 1. The number of nitrogens with two attached hydrogens (primary N) is 1. The Labute approximate surface area is 106 Å². The van der Waals surface area contributed by atoms with Gasteiger partial charge < -0.3 is 15.4 Å². The summed E-state index contributed by atoms with van der Waals surface area (Å²) in [6.45, 7) is 2.56. The molecule has 0 aliphatic rings. The van der Waals surface area contributed by atoms with Gasteiger partial charge >= 0.3 is 0 Å². The Morgan fingerprint density at radius 1 is 1.50 bits per heavy atom. The summed E-state index contributed by atoms with van der Waals surface area (Å²) in [5, 5.41) is 10.6. The van der Waals surface area contributed by atoms with Gasteiger partial charge in [-0.15, -0.1) is 0 Å². The van der Waals surface area contributed by atoms with Crippen molar-refractivity contribution in [3.8, 4) is 5.75 Å². The summed E-state index contributed by atoms with van der Waals surface area (Å²) < 4.78 is 5.49. The van der Waals surface area contributed by atoms with E-state index in [0.29, 0.717) is 24.1 Å². The number of hydrogen-bond acceptors (Lipinski definition) is 5. The Bertz CT molecular complexity index is 421. The van der Waals surface area contributed by atoms with Crippen LogP contribution in [0.3, 0.4) is 0 Å². The molecule has 6 heteroatoms. The molecule has 0 aromatic heterocycles. The first-order valence-electron chi connectivity index (χ1n) is 5.75. The topological polar surface area (TPSA) is 81.6 Å². The summed E-state index contributed by atoms with van der Waals surface area (Å²) >= 11 is 0. The molecule has 1 rings (SSSR count). The second-order valence-electron chi connectivity index (χ2n) is 4.43. The standard InChI is InChI=1S/C12H19N3O3/c1-9(14(2)3)6-7-18-12-8-10(15(16)17)4-5-11(12)13/h4-5,8-9H,6-7,13H2,1-3H3. The van der Waals surface area contributed by atoms with Crippen LogP contribution in [0.1, 0.15) is 13.3 Å². The summed E-state index contributed by atoms with van der Waals surface area (Å²) in [4.78, 5) is 12.3. The highest BCUT2D eigenvalue weighted by Gasteiger charge is 2.11. The van der Waals surface area contributed by atoms with E-state index in [1.165, 1.54) is 18.2 Å². The second-order valence-corrected chi connectivity index (χ2v) is 4.43. The van der Waals surface area contributed by atoms with Crippen LogP contribution in [0, 0.1) is 10.1 Å². The molecule has 6 nitrogen and oxygen atoms in total. The fourth-order valence-electron chi connectivity index (χ4n) is 1.36.